The third kappa shape index (κ3) is 4.16. The number of allylic oxidation sites excluding steroid dienone is 1. The van der Waals surface area contributed by atoms with Gasteiger partial charge in [-0.3, -0.25) is 0 Å². The van der Waals surface area contributed by atoms with E-state index in [-0.39, 0.29) is 24.9 Å². The Labute approximate surface area is 166 Å². The Morgan fingerprint density at radius 1 is 1.04 bits per heavy atom. The number of hydrogen-bond donors (Lipinski definition) is 0. The first-order chi connectivity index (χ1) is 13.6. The number of fused-ring (bicyclic) bond motifs is 1. The summed E-state index contributed by atoms with van der Waals surface area (Å²) in [5, 5.41) is 0. The van der Waals surface area contributed by atoms with Crippen molar-refractivity contribution in [2.45, 2.75) is 24.7 Å². The Morgan fingerprint density at radius 3 is 2.32 bits per heavy atom. The highest BCUT2D eigenvalue weighted by Gasteiger charge is 2.42. The van der Waals surface area contributed by atoms with Gasteiger partial charge in [-0.05, 0) is 35.7 Å². The molecule has 0 saturated carbocycles. The smallest absolute Gasteiger partial charge is 0.188 e. The van der Waals surface area contributed by atoms with Gasteiger partial charge in [0, 0.05) is 31.6 Å². The molecule has 0 N–H and O–H groups in total. The molecular weight excluding hydrogens is 356 g/mol. The number of benzene rings is 2. The summed E-state index contributed by atoms with van der Waals surface area (Å²) in [6.07, 6.45) is 2.83. The molecule has 150 valence electrons. The molecule has 1 aliphatic rings. The molecular formula is C23H28O5. The fraction of sp³-hybridized carbons (Fsp3) is 0.391. The van der Waals surface area contributed by atoms with Crippen LogP contribution in [0.4, 0.5) is 0 Å². The number of methoxy groups -OCH3 is 2. The molecule has 2 aromatic carbocycles. The van der Waals surface area contributed by atoms with Crippen molar-refractivity contribution in [1.29, 1.82) is 0 Å². The van der Waals surface area contributed by atoms with Crippen molar-refractivity contribution in [3.63, 3.8) is 0 Å². The van der Waals surface area contributed by atoms with Gasteiger partial charge in [-0.1, -0.05) is 31.2 Å². The Bertz CT molecular complexity index is 786. The molecule has 5 heteroatoms. The first-order valence-electron chi connectivity index (χ1n) is 9.34. The second kappa shape index (κ2) is 9.13. The van der Waals surface area contributed by atoms with Crippen molar-refractivity contribution in [3.8, 4) is 17.2 Å². The van der Waals surface area contributed by atoms with Gasteiger partial charge < -0.3 is 23.7 Å². The van der Waals surface area contributed by atoms with Crippen molar-refractivity contribution in [2.24, 2.45) is 0 Å². The van der Waals surface area contributed by atoms with Crippen LogP contribution >= 0.6 is 0 Å². The van der Waals surface area contributed by atoms with E-state index in [1.54, 1.807) is 14.2 Å². The second-order valence-electron chi connectivity index (χ2n) is 7.11. The zero-order chi connectivity index (χ0) is 20.0. The highest BCUT2D eigenvalue weighted by Crippen LogP contribution is 2.49. The largest absolute Gasteiger partial charge is 0.492 e. The number of rotatable bonds is 9. The van der Waals surface area contributed by atoms with E-state index >= 15 is 0 Å². The van der Waals surface area contributed by atoms with Crippen molar-refractivity contribution in [2.75, 3.05) is 34.4 Å². The van der Waals surface area contributed by atoms with E-state index in [2.05, 4.69) is 31.7 Å². The molecule has 0 saturated heterocycles. The average Bonchev–Trinajstić information content (AvgIpc) is 2.73. The first-order valence-corrected chi connectivity index (χ1v) is 9.34. The number of ether oxygens (including phenoxy) is 5. The van der Waals surface area contributed by atoms with E-state index < -0.39 is 0 Å². The molecule has 0 aliphatic carbocycles. The lowest BCUT2D eigenvalue weighted by molar-refractivity contribution is 0.0505. The molecule has 2 unspecified atom stereocenters. The maximum Gasteiger partial charge on any atom is 0.188 e. The van der Waals surface area contributed by atoms with E-state index in [9.17, 15) is 0 Å². The van der Waals surface area contributed by atoms with Gasteiger partial charge in [0.15, 0.2) is 13.6 Å². The normalized spacial score (nSPS) is 20.8. The molecule has 0 amide bonds. The van der Waals surface area contributed by atoms with Gasteiger partial charge in [-0.25, -0.2) is 0 Å². The molecule has 28 heavy (non-hydrogen) atoms. The van der Waals surface area contributed by atoms with E-state index in [0.717, 1.165) is 29.2 Å². The quantitative estimate of drug-likeness (QED) is 0.465. The van der Waals surface area contributed by atoms with Crippen LogP contribution in [0.5, 0.6) is 17.2 Å². The Hall–Kier alpha value is -2.50. The summed E-state index contributed by atoms with van der Waals surface area (Å²) >= 11 is 0. The zero-order valence-electron chi connectivity index (χ0n) is 16.8. The lowest BCUT2D eigenvalue weighted by Gasteiger charge is -2.42. The van der Waals surface area contributed by atoms with Crippen LogP contribution in [0.15, 0.2) is 55.1 Å². The summed E-state index contributed by atoms with van der Waals surface area (Å²) in [5.74, 6) is 2.63. The fourth-order valence-electron chi connectivity index (χ4n) is 3.71. The van der Waals surface area contributed by atoms with Crippen LogP contribution in [0.2, 0.25) is 0 Å². The minimum atomic E-state index is -0.185. The van der Waals surface area contributed by atoms with Gasteiger partial charge in [0.2, 0.25) is 0 Å². The topological polar surface area (TPSA) is 46.2 Å². The van der Waals surface area contributed by atoms with Crippen molar-refractivity contribution in [3.05, 3.63) is 66.2 Å². The first kappa shape index (κ1) is 20.2. The molecule has 1 heterocycles. The molecule has 0 aromatic heterocycles. The molecule has 0 fully saturated rings. The van der Waals surface area contributed by atoms with E-state index in [0.29, 0.717) is 6.61 Å². The predicted molar refractivity (Wildman–Crippen MR) is 108 cm³/mol. The molecule has 0 spiro atoms. The second-order valence-corrected chi connectivity index (χ2v) is 7.11. The lowest BCUT2D eigenvalue weighted by Crippen LogP contribution is -2.40. The summed E-state index contributed by atoms with van der Waals surface area (Å²) in [6, 6.07) is 14.1. The zero-order valence-corrected chi connectivity index (χ0v) is 16.8. The third-order valence-corrected chi connectivity index (χ3v) is 5.26. The van der Waals surface area contributed by atoms with Crippen LogP contribution in [0, 0.1) is 0 Å². The summed E-state index contributed by atoms with van der Waals surface area (Å²) in [5.41, 5.74) is 2.18. The van der Waals surface area contributed by atoms with Gasteiger partial charge >= 0.3 is 0 Å². The molecule has 2 atom stereocenters. The van der Waals surface area contributed by atoms with E-state index in [1.807, 2.05) is 30.3 Å². The highest BCUT2D eigenvalue weighted by atomic mass is 16.7. The van der Waals surface area contributed by atoms with Crippen LogP contribution < -0.4 is 14.2 Å². The monoisotopic (exact) mass is 384 g/mol. The van der Waals surface area contributed by atoms with Crippen molar-refractivity contribution < 1.29 is 23.7 Å². The average molecular weight is 384 g/mol. The maximum absolute atomic E-state index is 6.18. The van der Waals surface area contributed by atoms with Crippen LogP contribution in [0.25, 0.3) is 0 Å². The Morgan fingerprint density at radius 2 is 1.68 bits per heavy atom. The fourth-order valence-corrected chi connectivity index (χ4v) is 3.71. The molecule has 0 radical (unpaired) electrons. The lowest BCUT2D eigenvalue weighted by atomic mass is 9.66. The Kier molecular flexibility index (Phi) is 6.60. The van der Waals surface area contributed by atoms with Crippen LogP contribution in [-0.2, 0) is 14.9 Å². The maximum atomic E-state index is 6.18. The standard InChI is InChI=1S/C23H28O5/c1-5-6-21-20-12-11-19(28-16-25-4)13-22(20)26-14-23(21,2)17-7-9-18(10-8-17)27-15-24-3/h5,7-13,21H,1,6,14-16H2,2-4H3. The summed E-state index contributed by atoms with van der Waals surface area (Å²) in [4.78, 5) is 0. The third-order valence-electron chi connectivity index (χ3n) is 5.26. The summed E-state index contributed by atoms with van der Waals surface area (Å²) in [6.45, 7) is 7.24. The molecule has 3 rings (SSSR count). The van der Waals surface area contributed by atoms with Gasteiger partial charge in [-0.2, -0.15) is 0 Å². The summed E-state index contributed by atoms with van der Waals surface area (Å²) < 4.78 is 27.2. The predicted octanol–water partition coefficient (Wildman–Crippen LogP) is 4.66. The van der Waals surface area contributed by atoms with E-state index in [1.165, 1.54) is 5.56 Å². The van der Waals surface area contributed by atoms with Gasteiger partial charge in [0.25, 0.3) is 0 Å². The molecule has 1 aliphatic heterocycles. The number of hydrogen-bond acceptors (Lipinski definition) is 5. The molecule has 2 aromatic rings. The van der Waals surface area contributed by atoms with Gasteiger partial charge in [-0.15, -0.1) is 6.58 Å². The van der Waals surface area contributed by atoms with Gasteiger partial charge in [0.05, 0.1) is 6.61 Å². The van der Waals surface area contributed by atoms with Crippen LogP contribution in [0.3, 0.4) is 0 Å². The van der Waals surface area contributed by atoms with Crippen LogP contribution in [-0.4, -0.2) is 34.4 Å². The Balaban J connectivity index is 1.90. The molecule has 5 nitrogen and oxygen atoms in total. The SMILES string of the molecule is C=CCC1c2ccc(OCOC)cc2OCC1(C)c1ccc(OCOC)cc1. The summed E-state index contributed by atoms with van der Waals surface area (Å²) in [7, 11) is 3.21. The highest BCUT2D eigenvalue weighted by molar-refractivity contribution is 5.48. The van der Waals surface area contributed by atoms with Crippen LogP contribution in [0.1, 0.15) is 30.4 Å². The minimum Gasteiger partial charge on any atom is -0.492 e. The van der Waals surface area contributed by atoms with Crippen molar-refractivity contribution in [1.82, 2.24) is 0 Å². The van der Waals surface area contributed by atoms with Crippen molar-refractivity contribution >= 4 is 0 Å². The minimum absolute atomic E-state index is 0.185. The van der Waals surface area contributed by atoms with E-state index in [4.69, 9.17) is 23.7 Å². The molecule has 0 bridgehead atoms. The van der Waals surface area contributed by atoms with Gasteiger partial charge in [0.1, 0.15) is 17.2 Å².